The van der Waals surface area contributed by atoms with Crippen LogP contribution in [0.2, 0.25) is 0 Å². The Kier molecular flexibility index (Phi) is 6.06. The quantitative estimate of drug-likeness (QED) is 0.621. The van der Waals surface area contributed by atoms with Crippen LogP contribution in [0.15, 0.2) is 53.4 Å². The van der Waals surface area contributed by atoms with Gasteiger partial charge in [0.05, 0.1) is 18.1 Å². The molecule has 176 valence electrons. The molecule has 6 nitrogen and oxygen atoms in total. The summed E-state index contributed by atoms with van der Waals surface area (Å²) in [4.78, 5) is 15.3. The highest BCUT2D eigenvalue weighted by Gasteiger charge is 2.59. The molecule has 0 spiro atoms. The van der Waals surface area contributed by atoms with E-state index in [1.165, 1.54) is 12.8 Å². The number of phenolic OH excluding ortho intramolecular Hbond substituents is 1. The number of nitrogens with zero attached hydrogens (tertiary/aromatic N) is 1. The fourth-order valence-corrected chi connectivity index (χ4v) is 6.13. The standard InChI is InChI=1S/C27H34N2O4/c1-32-27-11-9-23(28-25(31)8-7-21-10-14-33-18-21)16-26(27,22-3-2-4-24(30)15-22)12-13-29(19-27)17-20-5-6-20/h2-4,7-8,10,14-15,18,20,23,30H,5-6,9,11-13,16-17,19H2,1H3,(H,28,31)/b8-7+/t23-,26+,27+/m1/s1. The number of amides is 1. The van der Waals surface area contributed by atoms with Crippen LogP contribution in [0.1, 0.15) is 49.7 Å². The van der Waals surface area contributed by atoms with E-state index in [2.05, 4.69) is 16.3 Å². The van der Waals surface area contributed by atoms with Crippen molar-refractivity contribution in [2.24, 2.45) is 5.92 Å². The first-order chi connectivity index (χ1) is 16.0. The second-order valence-electron chi connectivity index (χ2n) is 10.1. The van der Waals surface area contributed by atoms with Crippen molar-refractivity contribution >= 4 is 12.0 Å². The molecule has 1 saturated heterocycles. The number of hydrogen-bond acceptors (Lipinski definition) is 5. The van der Waals surface area contributed by atoms with Crippen LogP contribution in [0, 0.1) is 5.92 Å². The minimum Gasteiger partial charge on any atom is -0.508 e. The molecule has 1 aromatic heterocycles. The van der Waals surface area contributed by atoms with Crippen molar-refractivity contribution in [3.8, 4) is 5.75 Å². The van der Waals surface area contributed by atoms with Crippen LogP contribution in [0.4, 0.5) is 0 Å². The van der Waals surface area contributed by atoms with E-state index in [9.17, 15) is 9.90 Å². The van der Waals surface area contributed by atoms with Crippen LogP contribution in [-0.4, -0.2) is 54.3 Å². The Morgan fingerprint density at radius 1 is 1.30 bits per heavy atom. The molecular formula is C27H34N2O4. The zero-order valence-corrected chi connectivity index (χ0v) is 19.3. The Morgan fingerprint density at radius 3 is 2.91 bits per heavy atom. The third-order valence-electron chi connectivity index (χ3n) is 8.02. The monoisotopic (exact) mass is 450 g/mol. The van der Waals surface area contributed by atoms with E-state index in [-0.39, 0.29) is 28.7 Å². The maximum absolute atomic E-state index is 12.7. The van der Waals surface area contributed by atoms with E-state index in [4.69, 9.17) is 9.15 Å². The van der Waals surface area contributed by atoms with E-state index in [0.29, 0.717) is 0 Å². The average Bonchev–Trinajstić information content (AvgIpc) is 3.47. The third-order valence-corrected chi connectivity index (χ3v) is 8.02. The SMILES string of the molecule is CO[C@]12CC[C@@H](NC(=O)/C=C/c3ccoc3)C[C@]1(c1cccc(O)c1)CCN(CC1CC1)C2. The number of phenols is 1. The van der Waals surface area contributed by atoms with Crippen molar-refractivity contribution in [3.05, 3.63) is 60.1 Å². The number of likely N-dealkylation sites (tertiary alicyclic amines) is 1. The summed E-state index contributed by atoms with van der Waals surface area (Å²) in [7, 11) is 1.84. The molecule has 2 aromatic rings. The van der Waals surface area contributed by atoms with E-state index in [1.807, 2.05) is 25.3 Å². The minimum atomic E-state index is -0.332. The third kappa shape index (κ3) is 4.46. The fourth-order valence-electron chi connectivity index (χ4n) is 6.13. The second kappa shape index (κ2) is 8.99. The van der Waals surface area contributed by atoms with Gasteiger partial charge in [-0.3, -0.25) is 4.79 Å². The fraction of sp³-hybridized carbons (Fsp3) is 0.519. The number of carbonyl (C=O) groups excluding carboxylic acids is 1. The molecule has 2 saturated carbocycles. The molecule has 2 heterocycles. The Bertz CT molecular complexity index is 999. The molecular weight excluding hydrogens is 416 g/mol. The highest BCUT2D eigenvalue weighted by molar-refractivity contribution is 5.91. The predicted octanol–water partition coefficient (Wildman–Crippen LogP) is 4.11. The first-order valence-electron chi connectivity index (χ1n) is 12.1. The maximum atomic E-state index is 12.7. The lowest BCUT2D eigenvalue weighted by atomic mass is 9.55. The van der Waals surface area contributed by atoms with Crippen molar-refractivity contribution < 1.29 is 19.1 Å². The van der Waals surface area contributed by atoms with Gasteiger partial charge in [0.1, 0.15) is 5.75 Å². The molecule has 0 radical (unpaired) electrons. The molecule has 3 fully saturated rings. The molecule has 5 rings (SSSR count). The summed E-state index contributed by atoms with van der Waals surface area (Å²) in [5.41, 5.74) is 1.39. The molecule has 1 amide bonds. The van der Waals surface area contributed by atoms with Crippen molar-refractivity contribution in [3.63, 3.8) is 0 Å². The zero-order chi connectivity index (χ0) is 22.9. The van der Waals surface area contributed by atoms with Crippen LogP contribution in [-0.2, 0) is 14.9 Å². The Hall–Kier alpha value is -2.57. The van der Waals surface area contributed by atoms with Gasteiger partial charge < -0.3 is 24.5 Å². The topological polar surface area (TPSA) is 74.9 Å². The highest BCUT2D eigenvalue weighted by atomic mass is 16.5. The van der Waals surface area contributed by atoms with E-state index >= 15 is 0 Å². The Labute approximate surface area is 195 Å². The lowest BCUT2D eigenvalue weighted by Gasteiger charge is -2.60. The van der Waals surface area contributed by atoms with Gasteiger partial charge in [0, 0.05) is 43.3 Å². The molecule has 2 aliphatic carbocycles. The molecule has 2 N–H and O–H groups in total. The maximum Gasteiger partial charge on any atom is 0.244 e. The summed E-state index contributed by atoms with van der Waals surface area (Å²) in [5.74, 6) is 1.02. The normalized spacial score (nSPS) is 30.3. The summed E-state index contributed by atoms with van der Waals surface area (Å²) in [6.45, 7) is 3.06. The molecule has 3 aliphatic rings. The van der Waals surface area contributed by atoms with E-state index in [1.54, 1.807) is 30.7 Å². The Morgan fingerprint density at radius 2 is 2.18 bits per heavy atom. The first-order valence-corrected chi connectivity index (χ1v) is 12.1. The zero-order valence-electron chi connectivity index (χ0n) is 19.3. The van der Waals surface area contributed by atoms with Crippen LogP contribution < -0.4 is 5.32 Å². The molecule has 1 aliphatic heterocycles. The van der Waals surface area contributed by atoms with Gasteiger partial charge in [0.15, 0.2) is 0 Å². The summed E-state index contributed by atoms with van der Waals surface area (Å²) in [5, 5.41) is 13.5. The number of aromatic hydroxyl groups is 1. The van der Waals surface area contributed by atoms with Crippen LogP contribution >= 0.6 is 0 Å². The summed E-state index contributed by atoms with van der Waals surface area (Å²) in [6.07, 6.45) is 12.7. The van der Waals surface area contributed by atoms with Gasteiger partial charge >= 0.3 is 0 Å². The van der Waals surface area contributed by atoms with Crippen molar-refractivity contribution in [1.82, 2.24) is 10.2 Å². The van der Waals surface area contributed by atoms with Crippen molar-refractivity contribution in [2.75, 3.05) is 26.7 Å². The highest BCUT2D eigenvalue weighted by Crippen LogP contribution is 2.54. The first kappa shape index (κ1) is 22.2. The second-order valence-corrected chi connectivity index (χ2v) is 10.1. The van der Waals surface area contributed by atoms with Gasteiger partial charge in [0.2, 0.25) is 5.91 Å². The lowest BCUT2D eigenvalue weighted by molar-refractivity contribution is -0.150. The van der Waals surface area contributed by atoms with Gasteiger partial charge in [-0.05, 0) is 80.8 Å². The number of hydrogen-bond donors (Lipinski definition) is 2. The number of ether oxygens (including phenoxy) is 1. The van der Waals surface area contributed by atoms with Gasteiger partial charge in [-0.2, -0.15) is 0 Å². The number of carbonyl (C=O) groups is 1. The van der Waals surface area contributed by atoms with Gasteiger partial charge in [0.25, 0.3) is 0 Å². The van der Waals surface area contributed by atoms with Crippen molar-refractivity contribution in [1.29, 1.82) is 0 Å². The number of rotatable bonds is 7. The van der Waals surface area contributed by atoms with Gasteiger partial charge in [-0.1, -0.05) is 12.1 Å². The smallest absolute Gasteiger partial charge is 0.244 e. The largest absolute Gasteiger partial charge is 0.508 e. The van der Waals surface area contributed by atoms with Crippen molar-refractivity contribution in [2.45, 2.75) is 55.6 Å². The number of furan rings is 1. The summed E-state index contributed by atoms with van der Waals surface area (Å²) < 4.78 is 11.5. The number of nitrogens with one attached hydrogen (secondary N) is 1. The minimum absolute atomic E-state index is 0.0482. The number of fused-ring (bicyclic) bond motifs is 1. The molecule has 0 unspecified atom stereocenters. The summed E-state index contributed by atoms with van der Waals surface area (Å²) >= 11 is 0. The molecule has 0 bridgehead atoms. The number of benzene rings is 1. The van der Waals surface area contributed by atoms with E-state index < -0.39 is 0 Å². The van der Waals surface area contributed by atoms with Gasteiger partial charge in [-0.15, -0.1) is 0 Å². The number of methoxy groups -OCH3 is 1. The lowest BCUT2D eigenvalue weighted by Crippen LogP contribution is -2.68. The summed E-state index contributed by atoms with van der Waals surface area (Å²) in [6, 6.07) is 9.53. The molecule has 6 heteroatoms. The van der Waals surface area contributed by atoms with Crippen LogP contribution in [0.25, 0.3) is 6.08 Å². The molecule has 33 heavy (non-hydrogen) atoms. The van der Waals surface area contributed by atoms with Gasteiger partial charge in [-0.25, -0.2) is 0 Å². The van der Waals surface area contributed by atoms with Crippen LogP contribution in [0.5, 0.6) is 5.75 Å². The predicted molar refractivity (Wildman–Crippen MR) is 127 cm³/mol. The number of piperidine rings is 1. The van der Waals surface area contributed by atoms with Crippen LogP contribution in [0.3, 0.4) is 0 Å². The average molecular weight is 451 g/mol. The molecule has 3 atom stereocenters. The van der Waals surface area contributed by atoms with E-state index in [0.717, 1.165) is 62.4 Å². The Balaban J connectivity index is 1.39. The molecule has 1 aromatic carbocycles.